The van der Waals surface area contributed by atoms with Crippen molar-refractivity contribution in [1.29, 1.82) is 0 Å². The molecule has 1 rings (SSSR count). The van der Waals surface area contributed by atoms with Gasteiger partial charge in [0.1, 0.15) is 0 Å². The van der Waals surface area contributed by atoms with E-state index < -0.39 is 6.04 Å². The predicted molar refractivity (Wildman–Crippen MR) is 90.0 cm³/mol. The van der Waals surface area contributed by atoms with Gasteiger partial charge in [-0.2, -0.15) is 11.8 Å². The van der Waals surface area contributed by atoms with Crippen LogP contribution in [0, 0.1) is 0 Å². The van der Waals surface area contributed by atoms with E-state index >= 15 is 0 Å². The number of carbonyl (C=O) groups excluding carboxylic acids is 1. The number of aliphatic hydroxyl groups is 1. The molecule has 3 N–H and O–H groups in total. The molecular weight excluding hydrogens is 308 g/mol. The average molecular weight is 331 g/mol. The summed E-state index contributed by atoms with van der Waals surface area (Å²) in [6.07, 6.45) is 0.927. The second-order valence-corrected chi connectivity index (χ2v) is 6.62. The lowest BCUT2D eigenvalue weighted by atomic mass is 10.1. The van der Waals surface area contributed by atoms with Gasteiger partial charge in [0, 0.05) is 11.1 Å². The number of hydrogen-bond donors (Lipinski definition) is 3. The third-order valence-electron chi connectivity index (χ3n) is 3.04. The van der Waals surface area contributed by atoms with Crippen LogP contribution in [0.25, 0.3) is 0 Å². The van der Waals surface area contributed by atoms with E-state index in [2.05, 4.69) is 17.6 Å². The highest BCUT2D eigenvalue weighted by atomic mass is 35.5. The lowest BCUT2D eigenvalue weighted by Crippen LogP contribution is -2.43. The number of aliphatic hydroxyl groups excluding tert-OH is 1. The van der Waals surface area contributed by atoms with E-state index in [1.54, 1.807) is 24.3 Å². The summed E-state index contributed by atoms with van der Waals surface area (Å²) in [5.74, 6) is 2.11. The molecule has 21 heavy (non-hydrogen) atoms. The molecule has 0 bridgehead atoms. The van der Waals surface area contributed by atoms with Crippen molar-refractivity contribution in [2.24, 2.45) is 0 Å². The summed E-state index contributed by atoms with van der Waals surface area (Å²) in [7, 11) is 0. The highest BCUT2D eigenvalue weighted by Crippen LogP contribution is 2.16. The number of halogens is 1. The number of thioether (sulfide) groups is 1. The van der Waals surface area contributed by atoms with E-state index in [0.29, 0.717) is 5.02 Å². The van der Waals surface area contributed by atoms with Gasteiger partial charge in [0.05, 0.1) is 12.6 Å². The topological polar surface area (TPSA) is 61.4 Å². The van der Waals surface area contributed by atoms with E-state index in [4.69, 9.17) is 11.6 Å². The van der Waals surface area contributed by atoms with Gasteiger partial charge in [0.15, 0.2) is 0 Å². The third kappa shape index (κ3) is 7.07. The van der Waals surface area contributed by atoms with Gasteiger partial charge < -0.3 is 15.7 Å². The van der Waals surface area contributed by atoms with Gasteiger partial charge >= 0.3 is 6.03 Å². The molecule has 0 aliphatic carbocycles. The van der Waals surface area contributed by atoms with E-state index in [-0.39, 0.29) is 18.7 Å². The maximum atomic E-state index is 11.9. The van der Waals surface area contributed by atoms with Crippen LogP contribution in [0.5, 0.6) is 0 Å². The quantitative estimate of drug-likeness (QED) is 0.641. The Labute approximate surface area is 135 Å². The fraction of sp³-hybridized carbons (Fsp3) is 0.533. The average Bonchev–Trinajstić information content (AvgIpc) is 2.46. The molecule has 0 radical (unpaired) electrons. The Morgan fingerprint density at radius 3 is 2.57 bits per heavy atom. The molecule has 2 amide bonds. The number of benzene rings is 1. The number of rotatable bonds is 8. The number of carbonyl (C=O) groups is 1. The summed E-state index contributed by atoms with van der Waals surface area (Å²) in [4.78, 5) is 11.9. The lowest BCUT2D eigenvalue weighted by molar-refractivity contribution is 0.214. The Morgan fingerprint density at radius 1 is 1.33 bits per heavy atom. The van der Waals surface area contributed by atoms with Crippen LogP contribution in [0.2, 0.25) is 5.02 Å². The largest absolute Gasteiger partial charge is 0.394 e. The lowest BCUT2D eigenvalue weighted by Gasteiger charge is -2.20. The number of amides is 2. The minimum Gasteiger partial charge on any atom is -0.394 e. The zero-order valence-electron chi connectivity index (χ0n) is 12.4. The fourth-order valence-corrected chi connectivity index (χ4v) is 2.76. The van der Waals surface area contributed by atoms with Crippen molar-refractivity contribution in [2.75, 3.05) is 18.1 Å². The molecule has 2 unspecified atom stereocenters. The van der Waals surface area contributed by atoms with Gasteiger partial charge in [-0.05, 0) is 42.5 Å². The minimum absolute atomic E-state index is 0.105. The summed E-state index contributed by atoms with van der Waals surface area (Å²) in [5.41, 5.74) is 0.825. The van der Waals surface area contributed by atoms with Crippen molar-refractivity contribution in [1.82, 2.24) is 10.6 Å². The van der Waals surface area contributed by atoms with Crippen LogP contribution in [0.1, 0.15) is 31.9 Å². The molecule has 2 atom stereocenters. The number of hydrogen-bond acceptors (Lipinski definition) is 3. The van der Waals surface area contributed by atoms with Crippen LogP contribution in [-0.4, -0.2) is 35.3 Å². The molecule has 0 saturated heterocycles. The molecule has 0 heterocycles. The maximum Gasteiger partial charge on any atom is 0.315 e. The van der Waals surface area contributed by atoms with Crippen molar-refractivity contribution in [2.45, 2.75) is 32.4 Å². The van der Waals surface area contributed by atoms with Crippen molar-refractivity contribution in [3.8, 4) is 0 Å². The Balaban J connectivity index is 2.45. The predicted octanol–water partition coefficient (Wildman–Crippen LogP) is 3.20. The number of nitrogens with one attached hydrogen (secondary N) is 2. The van der Waals surface area contributed by atoms with Crippen LogP contribution in [-0.2, 0) is 0 Å². The first-order chi connectivity index (χ1) is 10.1. The molecule has 1 aromatic carbocycles. The van der Waals surface area contributed by atoms with Crippen molar-refractivity contribution in [3.63, 3.8) is 0 Å². The molecule has 0 spiro atoms. The molecular formula is C15H23ClN2O2S. The van der Waals surface area contributed by atoms with Crippen LogP contribution in [0.4, 0.5) is 4.79 Å². The Morgan fingerprint density at radius 2 is 2.00 bits per heavy atom. The van der Waals surface area contributed by atoms with Crippen LogP contribution in [0.15, 0.2) is 24.3 Å². The van der Waals surface area contributed by atoms with Crippen LogP contribution in [0.3, 0.4) is 0 Å². The molecule has 4 nitrogen and oxygen atoms in total. The Bertz CT molecular complexity index is 428. The van der Waals surface area contributed by atoms with Gasteiger partial charge in [-0.15, -0.1) is 0 Å². The highest BCUT2D eigenvalue weighted by Gasteiger charge is 2.14. The van der Waals surface area contributed by atoms with E-state index in [1.165, 1.54) is 0 Å². The molecule has 0 aliphatic heterocycles. The molecule has 0 saturated carbocycles. The maximum absolute atomic E-state index is 11.9. The molecule has 118 valence electrons. The first-order valence-electron chi connectivity index (χ1n) is 7.08. The molecule has 0 aromatic heterocycles. The molecule has 6 heteroatoms. The van der Waals surface area contributed by atoms with E-state index in [1.807, 2.05) is 18.7 Å². The van der Waals surface area contributed by atoms with Gasteiger partial charge in [0.25, 0.3) is 0 Å². The van der Waals surface area contributed by atoms with E-state index in [9.17, 15) is 9.90 Å². The van der Waals surface area contributed by atoms with E-state index in [0.717, 1.165) is 23.5 Å². The highest BCUT2D eigenvalue weighted by molar-refractivity contribution is 7.99. The zero-order chi connectivity index (χ0) is 15.7. The molecule has 0 aliphatic rings. The van der Waals surface area contributed by atoms with Crippen LogP contribution < -0.4 is 10.6 Å². The van der Waals surface area contributed by atoms with Crippen molar-refractivity contribution in [3.05, 3.63) is 34.9 Å². The minimum atomic E-state index is -0.431. The summed E-state index contributed by atoms with van der Waals surface area (Å²) in [5, 5.41) is 15.7. The first kappa shape index (κ1) is 18.1. The Kier molecular flexibility index (Phi) is 8.57. The second-order valence-electron chi connectivity index (χ2n) is 4.79. The molecule has 0 fully saturated rings. The standard InChI is InChI=1S/C15H23ClN2O2S/c1-3-21-9-8-11(2)17-15(20)18-14(10-19)12-4-6-13(16)7-5-12/h4-7,11,14,19H,3,8-10H2,1-2H3,(H2,17,18,20). The zero-order valence-corrected chi connectivity index (χ0v) is 14.0. The SMILES string of the molecule is CCSCCC(C)NC(=O)NC(CO)c1ccc(Cl)cc1. The number of urea groups is 1. The van der Waals surface area contributed by atoms with Gasteiger partial charge in [0.2, 0.25) is 0 Å². The molecule has 1 aromatic rings. The summed E-state index contributed by atoms with van der Waals surface area (Å²) >= 11 is 7.69. The van der Waals surface area contributed by atoms with Gasteiger partial charge in [-0.1, -0.05) is 30.7 Å². The summed E-state index contributed by atoms with van der Waals surface area (Å²) < 4.78 is 0. The van der Waals surface area contributed by atoms with Gasteiger partial charge in [-0.3, -0.25) is 0 Å². The summed E-state index contributed by atoms with van der Waals surface area (Å²) in [6, 6.07) is 6.48. The fourth-order valence-electron chi connectivity index (χ4n) is 1.83. The van der Waals surface area contributed by atoms with Crippen molar-refractivity contribution >= 4 is 29.4 Å². The smallest absolute Gasteiger partial charge is 0.315 e. The van der Waals surface area contributed by atoms with Crippen molar-refractivity contribution < 1.29 is 9.90 Å². The Hall–Kier alpha value is -0.910. The first-order valence-corrected chi connectivity index (χ1v) is 8.61. The third-order valence-corrected chi connectivity index (χ3v) is 4.22. The monoisotopic (exact) mass is 330 g/mol. The van der Waals surface area contributed by atoms with Crippen LogP contribution >= 0.6 is 23.4 Å². The summed E-state index contributed by atoms with van der Waals surface area (Å²) in [6.45, 7) is 3.94. The second kappa shape index (κ2) is 9.92. The van der Waals surface area contributed by atoms with Gasteiger partial charge in [-0.25, -0.2) is 4.79 Å². The normalized spacial score (nSPS) is 13.5.